The van der Waals surface area contributed by atoms with Crippen molar-refractivity contribution in [2.24, 2.45) is 0 Å². The Morgan fingerprint density at radius 1 is 1.53 bits per heavy atom. The van der Waals surface area contributed by atoms with E-state index in [1.165, 1.54) is 19.2 Å². The van der Waals surface area contributed by atoms with Crippen LogP contribution in [0.15, 0.2) is 12.1 Å². The van der Waals surface area contributed by atoms with E-state index in [2.05, 4.69) is 4.98 Å². The van der Waals surface area contributed by atoms with Crippen LogP contribution in [0.4, 0.5) is 0 Å². The third-order valence-electron chi connectivity index (χ3n) is 1.75. The highest BCUT2D eigenvalue weighted by Gasteiger charge is 2.18. The average molecular weight is 211 g/mol. The molecule has 0 radical (unpaired) electrons. The molecule has 0 aliphatic heterocycles. The first-order valence-electron chi connectivity index (χ1n) is 4.16. The summed E-state index contributed by atoms with van der Waals surface area (Å²) in [6.07, 6.45) is -0.238. The molecule has 0 bridgehead atoms. The zero-order valence-electron chi connectivity index (χ0n) is 8.04. The van der Waals surface area contributed by atoms with Gasteiger partial charge in [0.2, 0.25) is 5.88 Å². The number of aliphatic carboxylic acids is 1. The summed E-state index contributed by atoms with van der Waals surface area (Å²) in [4.78, 5) is 14.2. The molecule has 0 aliphatic rings. The number of carboxylic acid groups (broad SMARTS) is 1. The van der Waals surface area contributed by atoms with E-state index in [4.69, 9.17) is 19.9 Å². The lowest BCUT2D eigenvalue weighted by molar-refractivity contribution is -0.136. The molecule has 0 saturated carbocycles. The third kappa shape index (κ3) is 2.93. The fourth-order valence-electron chi connectivity index (χ4n) is 1.10. The van der Waals surface area contributed by atoms with E-state index in [1.807, 2.05) is 0 Å². The number of nitrogens with zero attached hydrogens (tertiary/aromatic N) is 1. The van der Waals surface area contributed by atoms with Crippen LogP contribution in [-0.2, 0) is 11.2 Å². The van der Waals surface area contributed by atoms with Crippen LogP contribution in [0.3, 0.4) is 0 Å². The van der Waals surface area contributed by atoms with Crippen LogP contribution in [-0.4, -0.2) is 40.3 Å². The molecule has 0 fully saturated rings. The molecule has 0 amide bonds. The molecule has 1 aromatic rings. The molecule has 0 saturated heterocycles. The minimum absolute atomic E-state index is 0.0174. The number of carbonyl (C=O) groups is 1. The Bertz CT molecular complexity index is 368. The summed E-state index contributed by atoms with van der Waals surface area (Å²) in [5, 5.41) is 26.4. The van der Waals surface area contributed by atoms with Gasteiger partial charge >= 0.3 is 13.1 Å². The normalized spacial score (nSPS) is 9.80. The van der Waals surface area contributed by atoms with Crippen LogP contribution in [0.25, 0.3) is 0 Å². The van der Waals surface area contributed by atoms with Gasteiger partial charge in [0.25, 0.3) is 0 Å². The van der Waals surface area contributed by atoms with Crippen LogP contribution in [0.1, 0.15) is 5.69 Å². The number of pyridine rings is 1. The fraction of sp³-hybridized carbons (Fsp3) is 0.250. The quantitative estimate of drug-likeness (QED) is 0.518. The SMILES string of the molecule is COc1nc(CC(=O)O)ccc1B(O)O. The van der Waals surface area contributed by atoms with Gasteiger partial charge < -0.3 is 19.9 Å². The predicted molar refractivity (Wildman–Crippen MR) is 52.0 cm³/mol. The van der Waals surface area contributed by atoms with Gasteiger partial charge in [-0.05, 0) is 6.07 Å². The number of hydrogen-bond donors (Lipinski definition) is 3. The van der Waals surface area contributed by atoms with E-state index >= 15 is 0 Å². The molecule has 0 aromatic carbocycles. The van der Waals surface area contributed by atoms with Gasteiger partial charge in [0, 0.05) is 5.46 Å². The van der Waals surface area contributed by atoms with E-state index in [-0.39, 0.29) is 17.8 Å². The Hall–Kier alpha value is -1.60. The molecule has 0 aliphatic carbocycles. The summed E-state index contributed by atoms with van der Waals surface area (Å²) in [6.45, 7) is 0. The highest BCUT2D eigenvalue weighted by Crippen LogP contribution is 2.05. The van der Waals surface area contributed by atoms with Gasteiger partial charge in [-0.1, -0.05) is 6.07 Å². The van der Waals surface area contributed by atoms with Gasteiger partial charge in [0.15, 0.2) is 0 Å². The molecule has 3 N–H and O–H groups in total. The number of hydrogen-bond acceptors (Lipinski definition) is 5. The summed E-state index contributed by atoms with van der Waals surface area (Å²) in [5.74, 6) is -0.995. The third-order valence-corrected chi connectivity index (χ3v) is 1.75. The van der Waals surface area contributed by atoms with Crippen LogP contribution >= 0.6 is 0 Å². The molecule has 1 heterocycles. The van der Waals surface area contributed by atoms with E-state index in [0.29, 0.717) is 5.69 Å². The van der Waals surface area contributed by atoms with Crippen molar-refractivity contribution in [3.8, 4) is 5.88 Å². The van der Waals surface area contributed by atoms with Gasteiger partial charge in [0.1, 0.15) is 0 Å². The second-order valence-corrected chi connectivity index (χ2v) is 2.85. The topological polar surface area (TPSA) is 99.9 Å². The first-order valence-corrected chi connectivity index (χ1v) is 4.16. The van der Waals surface area contributed by atoms with Crippen LogP contribution in [0, 0.1) is 0 Å². The minimum Gasteiger partial charge on any atom is -0.481 e. The number of ether oxygens (including phenoxy) is 1. The lowest BCUT2D eigenvalue weighted by atomic mass is 9.81. The van der Waals surface area contributed by atoms with Crippen molar-refractivity contribution >= 4 is 18.6 Å². The molecule has 0 spiro atoms. The summed E-state index contributed by atoms with van der Waals surface area (Å²) in [6, 6.07) is 2.78. The molecule has 1 rings (SSSR count). The number of methoxy groups -OCH3 is 1. The molecular formula is C8H10BNO5. The van der Waals surface area contributed by atoms with Gasteiger partial charge in [-0.3, -0.25) is 4.79 Å². The smallest absolute Gasteiger partial charge is 0.481 e. The Morgan fingerprint density at radius 3 is 2.67 bits per heavy atom. The molecule has 80 valence electrons. The Morgan fingerprint density at radius 2 is 2.20 bits per heavy atom. The second kappa shape index (κ2) is 4.76. The standard InChI is InChI=1S/C8H10BNO5/c1-15-8-6(9(13)14)3-2-5(10-8)4-7(11)12/h2-3,13-14H,4H2,1H3,(H,11,12). The van der Waals surface area contributed by atoms with E-state index in [0.717, 1.165) is 0 Å². The van der Waals surface area contributed by atoms with Crippen molar-refractivity contribution in [2.75, 3.05) is 7.11 Å². The van der Waals surface area contributed by atoms with E-state index in [1.54, 1.807) is 0 Å². The maximum absolute atomic E-state index is 10.4. The lowest BCUT2D eigenvalue weighted by Crippen LogP contribution is -2.32. The number of rotatable bonds is 4. The van der Waals surface area contributed by atoms with Crippen molar-refractivity contribution in [1.82, 2.24) is 4.98 Å². The average Bonchev–Trinajstić information content (AvgIpc) is 2.16. The van der Waals surface area contributed by atoms with Gasteiger partial charge in [-0.25, -0.2) is 4.98 Å². The Kier molecular flexibility index (Phi) is 3.65. The van der Waals surface area contributed by atoms with Crippen LogP contribution < -0.4 is 10.2 Å². The monoisotopic (exact) mass is 211 g/mol. The molecule has 6 nitrogen and oxygen atoms in total. The first-order chi connectivity index (χ1) is 7.04. The van der Waals surface area contributed by atoms with Crippen molar-refractivity contribution in [3.05, 3.63) is 17.8 Å². The Labute approximate surface area is 86.3 Å². The maximum atomic E-state index is 10.4. The number of aromatic nitrogens is 1. The summed E-state index contributed by atoms with van der Waals surface area (Å²) >= 11 is 0. The van der Waals surface area contributed by atoms with E-state index in [9.17, 15) is 4.79 Å². The van der Waals surface area contributed by atoms with Crippen LogP contribution in [0.2, 0.25) is 0 Å². The second-order valence-electron chi connectivity index (χ2n) is 2.85. The summed E-state index contributed by atoms with van der Waals surface area (Å²) in [5.41, 5.74) is 0.399. The molecule has 0 atom stereocenters. The van der Waals surface area contributed by atoms with Crippen LogP contribution in [0.5, 0.6) is 5.88 Å². The van der Waals surface area contributed by atoms with Gasteiger partial charge in [-0.15, -0.1) is 0 Å². The summed E-state index contributed by atoms with van der Waals surface area (Å²) < 4.78 is 4.80. The number of carboxylic acids is 1. The van der Waals surface area contributed by atoms with Crippen molar-refractivity contribution in [2.45, 2.75) is 6.42 Å². The van der Waals surface area contributed by atoms with Gasteiger partial charge in [0.05, 0.1) is 19.2 Å². The van der Waals surface area contributed by atoms with Crippen molar-refractivity contribution in [1.29, 1.82) is 0 Å². The highest BCUT2D eigenvalue weighted by atomic mass is 16.5. The molecule has 1 aromatic heterocycles. The van der Waals surface area contributed by atoms with Crippen molar-refractivity contribution < 1.29 is 24.7 Å². The lowest BCUT2D eigenvalue weighted by Gasteiger charge is -2.07. The summed E-state index contributed by atoms with van der Waals surface area (Å²) in [7, 11) is -0.370. The molecule has 0 unspecified atom stereocenters. The fourth-order valence-corrected chi connectivity index (χ4v) is 1.10. The van der Waals surface area contributed by atoms with E-state index < -0.39 is 13.1 Å². The largest absolute Gasteiger partial charge is 0.494 e. The first kappa shape index (κ1) is 11.5. The highest BCUT2D eigenvalue weighted by molar-refractivity contribution is 6.59. The Balaban J connectivity index is 3.02. The molecule has 15 heavy (non-hydrogen) atoms. The van der Waals surface area contributed by atoms with Gasteiger partial charge in [-0.2, -0.15) is 0 Å². The zero-order valence-corrected chi connectivity index (χ0v) is 8.04. The molecule has 7 heteroatoms. The molecular weight excluding hydrogens is 201 g/mol. The predicted octanol–water partition coefficient (Wildman–Crippen LogP) is -1.60. The zero-order chi connectivity index (χ0) is 11.4. The maximum Gasteiger partial charge on any atom is 0.494 e. The van der Waals surface area contributed by atoms with Crippen molar-refractivity contribution in [3.63, 3.8) is 0 Å². The minimum atomic E-state index is -1.69.